The lowest BCUT2D eigenvalue weighted by Gasteiger charge is -2.24. The van der Waals surface area contributed by atoms with Crippen molar-refractivity contribution in [2.45, 2.75) is 4.46 Å². The van der Waals surface area contributed by atoms with Gasteiger partial charge in [0.15, 0.2) is 9.84 Å². The molecule has 0 atom stereocenters. The molecule has 0 aromatic rings. The highest BCUT2D eigenvalue weighted by Gasteiger charge is 2.33. The lowest BCUT2D eigenvalue weighted by atomic mass is 10.4. The number of halogens is 4. The fourth-order valence-electron chi connectivity index (χ4n) is 0.843. The van der Waals surface area contributed by atoms with Gasteiger partial charge in [-0.3, -0.25) is 0 Å². The maximum Gasteiger partial charge on any atom is 0.209 e. The second-order valence-corrected chi connectivity index (χ2v) is 6.78. The highest BCUT2D eigenvalue weighted by Crippen LogP contribution is 2.36. The minimum Gasteiger partial charge on any atom is -0.340 e. The molecule has 1 aliphatic rings. The van der Waals surface area contributed by atoms with Gasteiger partial charge in [0, 0.05) is 6.26 Å². The van der Waals surface area contributed by atoms with Crippen LogP contribution in [0, 0.1) is 0 Å². The molecule has 1 heterocycles. The number of hydrogen-bond donors (Lipinski definition) is 1. The highest BCUT2D eigenvalue weighted by atomic mass is 35.5. The van der Waals surface area contributed by atoms with E-state index in [1.54, 1.807) is 0 Å². The normalized spacial score (nSPS) is 21.6. The van der Waals surface area contributed by atoms with Gasteiger partial charge < -0.3 is 5.32 Å². The summed E-state index contributed by atoms with van der Waals surface area (Å²) in [5, 5.41) is 2.19. The Morgan fingerprint density at radius 2 is 1.86 bits per heavy atom. The van der Waals surface area contributed by atoms with Crippen molar-refractivity contribution >= 4 is 56.2 Å². The Kier molecular flexibility index (Phi) is 3.34. The van der Waals surface area contributed by atoms with Crippen molar-refractivity contribution in [1.82, 2.24) is 5.32 Å². The predicted octanol–water partition coefficient (Wildman–Crippen LogP) is 2.30. The van der Waals surface area contributed by atoms with E-state index in [9.17, 15) is 8.42 Å². The van der Waals surface area contributed by atoms with E-state index in [1.165, 1.54) is 0 Å². The zero-order valence-electron chi connectivity index (χ0n) is 6.81. The van der Waals surface area contributed by atoms with Crippen molar-refractivity contribution in [1.29, 1.82) is 0 Å². The van der Waals surface area contributed by atoms with Crippen LogP contribution in [0.4, 0.5) is 0 Å². The smallest absolute Gasteiger partial charge is 0.209 e. The van der Waals surface area contributed by atoms with Crippen LogP contribution >= 0.6 is 46.4 Å². The minimum absolute atomic E-state index is 0.0976. The van der Waals surface area contributed by atoms with Crippen LogP contribution in [0.2, 0.25) is 0 Å². The third-order valence-electron chi connectivity index (χ3n) is 1.40. The molecule has 8 heteroatoms. The van der Waals surface area contributed by atoms with E-state index in [4.69, 9.17) is 46.4 Å². The van der Waals surface area contributed by atoms with Gasteiger partial charge >= 0.3 is 0 Å². The molecule has 0 fully saturated rings. The topological polar surface area (TPSA) is 46.2 Å². The maximum atomic E-state index is 11.2. The monoisotopic (exact) mass is 295 g/mol. The van der Waals surface area contributed by atoms with Crippen LogP contribution in [0.15, 0.2) is 21.2 Å². The van der Waals surface area contributed by atoms with E-state index in [-0.39, 0.29) is 15.1 Å². The summed E-state index contributed by atoms with van der Waals surface area (Å²) >= 11 is 22.6. The Morgan fingerprint density at radius 1 is 1.36 bits per heavy atom. The van der Waals surface area contributed by atoms with Gasteiger partial charge in [0.05, 0.1) is 9.94 Å². The average Bonchev–Trinajstić information content (AvgIpc) is 1.93. The van der Waals surface area contributed by atoms with Crippen molar-refractivity contribution in [3.8, 4) is 0 Å². The van der Waals surface area contributed by atoms with Crippen molar-refractivity contribution in [2.75, 3.05) is 6.26 Å². The number of hydrogen-bond acceptors (Lipinski definition) is 3. The van der Waals surface area contributed by atoms with Gasteiger partial charge in [-0.25, -0.2) is 8.42 Å². The van der Waals surface area contributed by atoms with Crippen LogP contribution < -0.4 is 5.32 Å². The first-order valence-corrected chi connectivity index (χ1v) is 6.68. The zero-order valence-corrected chi connectivity index (χ0v) is 10.7. The molecule has 0 radical (unpaired) electrons. The molecule has 0 spiro atoms. The second-order valence-electron chi connectivity index (χ2n) is 2.66. The molecule has 0 saturated heterocycles. The first kappa shape index (κ1) is 12.5. The first-order chi connectivity index (χ1) is 6.13. The molecule has 1 rings (SSSR count). The number of rotatable bonds is 1. The van der Waals surface area contributed by atoms with Gasteiger partial charge in [0.25, 0.3) is 0 Å². The van der Waals surface area contributed by atoms with E-state index >= 15 is 0 Å². The van der Waals surface area contributed by atoms with E-state index in [0.29, 0.717) is 0 Å². The molecule has 0 bridgehead atoms. The molecule has 0 aromatic heterocycles. The molecule has 0 aliphatic carbocycles. The maximum absolute atomic E-state index is 11.2. The second kappa shape index (κ2) is 3.76. The Balaban J connectivity index is 3.35. The van der Waals surface area contributed by atoms with Gasteiger partial charge in [-0.05, 0) is 6.08 Å². The van der Waals surface area contributed by atoms with Crippen molar-refractivity contribution < 1.29 is 8.42 Å². The molecule has 3 nitrogen and oxygen atoms in total. The Bertz CT molecular complexity index is 423. The molecule has 14 heavy (non-hydrogen) atoms. The van der Waals surface area contributed by atoms with Crippen LogP contribution in [-0.2, 0) is 9.84 Å². The van der Waals surface area contributed by atoms with Gasteiger partial charge in [-0.1, -0.05) is 46.4 Å². The Labute approximate surface area is 102 Å². The fourth-order valence-corrected chi connectivity index (χ4v) is 3.12. The van der Waals surface area contributed by atoms with Crippen LogP contribution in [0.1, 0.15) is 0 Å². The molecule has 0 unspecified atom stereocenters. The van der Waals surface area contributed by atoms with Crippen molar-refractivity contribution in [3.63, 3.8) is 0 Å². The minimum atomic E-state index is -3.50. The third kappa shape index (κ3) is 2.70. The van der Waals surface area contributed by atoms with E-state index < -0.39 is 14.3 Å². The van der Waals surface area contributed by atoms with Gasteiger partial charge in [0.2, 0.25) is 4.46 Å². The molecule has 0 amide bonds. The van der Waals surface area contributed by atoms with Crippen LogP contribution in [0.3, 0.4) is 0 Å². The molecule has 0 aromatic carbocycles. The number of sulfone groups is 1. The fraction of sp³-hybridized carbons (Fsp3) is 0.333. The van der Waals surface area contributed by atoms with Crippen LogP contribution in [0.5, 0.6) is 0 Å². The molecular weight excluding hydrogens is 292 g/mol. The van der Waals surface area contributed by atoms with Gasteiger partial charge in [-0.2, -0.15) is 0 Å². The Morgan fingerprint density at radius 3 is 2.29 bits per heavy atom. The molecule has 0 saturated carbocycles. The number of dihydropyridines is 1. The number of alkyl halides is 2. The quantitative estimate of drug-likeness (QED) is 0.596. The summed E-state index contributed by atoms with van der Waals surface area (Å²) in [4.78, 5) is -0.187. The Hall–Kier alpha value is 0.390. The third-order valence-corrected chi connectivity index (χ3v) is 3.81. The lowest BCUT2D eigenvalue weighted by molar-refractivity contribution is 0.607. The average molecular weight is 297 g/mol. The number of nitrogens with one attached hydrogen (secondary N) is 1. The summed E-state index contributed by atoms with van der Waals surface area (Å²) in [5.41, 5.74) is 0. The number of allylic oxidation sites excluding steroid dienone is 1. The molecule has 1 N–H and O–H groups in total. The molecule has 80 valence electrons. The van der Waals surface area contributed by atoms with Crippen molar-refractivity contribution in [2.24, 2.45) is 0 Å². The zero-order chi connectivity index (χ0) is 11.1. The van der Waals surface area contributed by atoms with Gasteiger partial charge in [-0.15, -0.1) is 0 Å². The molecule has 1 aliphatic heterocycles. The predicted molar refractivity (Wildman–Crippen MR) is 59.2 cm³/mol. The summed E-state index contributed by atoms with van der Waals surface area (Å²) in [6, 6.07) is 0. The lowest BCUT2D eigenvalue weighted by Crippen LogP contribution is -2.34. The summed E-state index contributed by atoms with van der Waals surface area (Å²) in [6.07, 6.45) is 2.07. The summed E-state index contributed by atoms with van der Waals surface area (Å²) in [7, 11) is -3.50. The summed E-state index contributed by atoms with van der Waals surface area (Å²) in [6.45, 7) is 0. The summed E-state index contributed by atoms with van der Waals surface area (Å²) in [5.74, 6) is 0. The first-order valence-electron chi connectivity index (χ1n) is 3.28. The standard InChI is InChI=1S/C6H5Cl4NO2S/c1-14(12,13)3-2-6(9,10)11-5(8)4(3)7/h2,11H,1H3. The van der Waals surface area contributed by atoms with Crippen LogP contribution in [-0.4, -0.2) is 19.1 Å². The van der Waals surface area contributed by atoms with E-state index in [2.05, 4.69) is 5.32 Å². The van der Waals surface area contributed by atoms with Crippen molar-refractivity contribution in [3.05, 3.63) is 21.2 Å². The highest BCUT2D eigenvalue weighted by molar-refractivity contribution is 7.94. The SMILES string of the molecule is CS(=O)(=O)C1=CC(Cl)(Cl)NC(Cl)=C1Cl. The molecular formula is C6H5Cl4NO2S. The van der Waals surface area contributed by atoms with Crippen LogP contribution in [0.25, 0.3) is 0 Å². The van der Waals surface area contributed by atoms with E-state index in [0.717, 1.165) is 12.3 Å². The van der Waals surface area contributed by atoms with Gasteiger partial charge in [0.1, 0.15) is 5.16 Å². The van der Waals surface area contributed by atoms with E-state index in [1.807, 2.05) is 0 Å². The largest absolute Gasteiger partial charge is 0.340 e. The summed E-state index contributed by atoms with van der Waals surface area (Å²) < 4.78 is 20.9.